The number of carbonyl (C=O) groups is 1. The third kappa shape index (κ3) is 7.60. The maximum absolute atomic E-state index is 12.8. The van der Waals surface area contributed by atoms with Gasteiger partial charge in [-0.15, -0.1) is 0 Å². The van der Waals surface area contributed by atoms with E-state index in [0.29, 0.717) is 19.0 Å². The molecule has 2 amide bonds. The van der Waals surface area contributed by atoms with Crippen molar-refractivity contribution in [3.63, 3.8) is 0 Å². The topological polar surface area (TPSA) is 75.7 Å². The minimum atomic E-state index is -3.56. The minimum absolute atomic E-state index is 0.166. The lowest BCUT2D eigenvalue weighted by molar-refractivity contribution is 0.205. The molecule has 152 valence electrons. The Morgan fingerprint density at radius 3 is 2.21 bits per heavy atom. The highest BCUT2D eigenvalue weighted by atomic mass is 32.2. The first kappa shape index (κ1) is 21.8. The van der Waals surface area contributed by atoms with E-state index in [9.17, 15) is 13.2 Å². The molecule has 7 heteroatoms. The predicted octanol–water partition coefficient (Wildman–Crippen LogP) is 4.41. The third-order valence-electron chi connectivity index (χ3n) is 4.11. The third-order valence-corrected chi connectivity index (χ3v) is 4.61. The van der Waals surface area contributed by atoms with Crippen LogP contribution in [0.4, 0.5) is 10.5 Å². The van der Waals surface area contributed by atoms with Crippen LogP contribution in [0, 0.1) is 12.8 Å². The Morgan fingerprint density at radius 1 is 1.07 bits per heavy atom. The Morgan fingerprint density at radius 2 is 1.68 bits per heavy atom. The molecule has 0 bridgehead atoms. The zero-order chi connectivity index (χ0) is 20.7. The molecule has 6 nitrogen and oxygen atoms in total. The van der Waals surface area contributed by atoms with Crippen molar-refractivity contribution >= 4 is 21.8 Å². The molecule has 2 rings (SSSR count). The molecule has 0 saturated carbocycles. The highest BCUT2D eigenvalue weighted by Gasteiger charge is 2.15. The van der Waals surface area contributed by atoms with Crippen molar-refractivity contribution in [3.05, 3.63) is 59.7 Å². The van der Waals surface area contributed by atoms with Gasteiger partial charge in [0.05, 0.1) is 6.26 Å². The van der Waals surface area contributed by atoms with E-state index in [-0.39, 0.29) is 11.8 Å². The van der Waals surface area contributed by atoms with Crippen molar-refractivity contribution in [1.29, 1.82) is 0 Å². The second-order valence-corrected chi connectivity index (χ2v) is 8.91. The molecular weight excluding hydrogens is 376 g/mol. The van der Waals surface area contributed by atoms with Crippen LogP contribution in [0.1, 0.15) is 31.4 Å². The van der Waals surface area contributed by atoms with Crippen LogP contribution in [0.2, 0.25) is 0 Å². The van der Waals surface area contributed by atoms with Gasteiger partial charge in [0, 0.05) is 18.8 Å². The van der Waals surface area contributed by atoms with Crippen molar-refractivity contribution in [3.8, 4) is 5.75 Å². The fourth-order valence-electron chi connectivity index (χ4n) is 2.55. The minimum Gasteiger partial charge on any atom is -0.383 e. The molecule has 0 aromatic heterocycles. The van der Waals surface area contributed by atoms with Crippen molar-refractivity contribution in [2.24, 2.45) is 5.92 Å². The van der Waals surface area contributed by atoms with Gasteiger partial charge in [-0.3, -0.25) is 0 Å². The van der Waals surface area contributed by atoms with Gasteiger partial charge in [-0.1, -0.05) is 43.7 Å². The van der Waals surface area contributed by atoms with Crippen LogP contribution in [0.15, 0.2) is 48.5 Å². The van der Waals surface area contributed by atoms with Crippen LogP contribution in [0.3, 0.4) is 0 Å². The van der Waals surface area contributed by atoms with E-state index in [1.165, 1.54) is 0 Å². The first-order valence-corrected chi connectivity index (χ1v) is 11.0. The van der Waals surface area contributed by atoms with Crippen LogP contribution in [-0.4, -0.2) is 32.1 Å². The summed E-state index contributed by atoms with van der Waals surface area (Å²) in [7, 11) is -3.56. The molecule has 0 heterocycles. The number of nitrogens with one attached hydrogen (secondary N) is 1. The van der Waals surface area contributed by atoms with Crippen molar-refractivity contribution in [1.82, 2.24) is 4.90 Å². The highest BCUT2D eigenvalue weighted by Crippen LogP contribution is 2.17. The maximum atomic E-state index is 12.8. The molecule has 0 atom stereocenters. The standard InChI is InChI=1S/C21H28N2O4S/c1-16(2)13-14-23(21(24)22-19-9-5-17(3)6-10-19)15-18-7-11-20(12-8-18)27-28(4,25)26/h5-12,16H,13-15H2,1-4H3,(H,22,24). The normalized spacial score (nSPS) is 11.3. The largest absolute Gasteiger partial charge is 0.383 e. The molecule has 1 N–H and O–H groups in total. The molecule has 2 aromatic carbocycles. The highest BCUT2D eigenvalue weighted by molar-refractivity contribution is 7.86. The van der Waals surface area contributed by atoms with E-state index in [4.69, 9.17) is 4.18 Å². The van der Waals surface area contributed by atoms with Crippen LogP contribution >= 0.6 is 0 Å². The number of benzene rings is 2. The Labute approximate surface area is 167 Å². The first-order chi connectivity index (χ1) is 13.1. The molecule has 0 fully saturated rings. The number of rotatable bonds is 8. The molecule has 0 aliphatic rings. The monoisotopic (exact) mass is 404 g/mol. The Bertz CT molecular complexity index is 876. The fraction of sp³-hybridized carbons (Fsp3) is 0.381. The zero-order valence-corrected chi connectivity index (χ0v) is 17.6. The van der Waals surface area contributed by atoms with Gasteiger partial charge in [-0.25, -0.2) is 4.79 Å². The van der Waals surface area contributed by atoms with Crippen LogP contribution < -0.4 is 9.50 Å². The number of carbonyl (C=O) groups excluding carboxylic acids is 1. The van der Waals surface area contributed by atoms with Gasteiger partial charge < -0.3 is 14.4 Å². The van der Waals surface area contributed by atoms with Gasteiger partial charge in [0.25, 0.3) is 0 Å². The Hall–Kier alpha value is -2.54. The summed E-state index contributed by atoms with van der Waals surface area (Å²) >= 11 is 0. The summed E-state index contributed by atoms with van der Waals surface area (Å²) in [6.07, 6.45) is 1.89. The van der Waals surface area contributed by atoms with Crippen molar-refractivity contribution in [2.75, 3.05) is 18.1 Å². The Balaban J connectivity index is 2.09. The molecule has 0 radical (unpaired) electrons. The van der Waals surface area contributed by atoms with Crippen LogP contribution in [0.25, 0.3) is 0 Å². The lowest BCUT2D eigenvalue weighted by atomic mass is 10.1. The van der Waals surface area contributed by atoms with Gasteiger partial charge in [0.1, 0.15) is 5.75 Å². The number of hydrogen-bond donors (Lipinski definition) is 1. The van der Waals surface area contributed by atoms with Crippen LogP contribution in [-0.2, 0) is 16.7 Å². The fourth-order valence-corrected chi connectivity index (χ4v) is 3.01. The first-order valence-electron chi connectivity index (χ1n) is 9.23. The molecule has 0 unspecified atom stereocenters. The summed E-state index contributed by atoms with van der Waals surface area (Å²) in [6.45, 7) is 7.28. The van der Waals surface area contributed by atoms with Gasteiger partial charge in [-0.2, -0.15) is 8.42 Å². The van der Waals surface area contributed by atoms with E-state index < -0.39 is 10.1 Å². The molecule has 0 aliphatic carbocycles. The van der Waals surface area contributed by atoms with Crippen molar-refractivity contribution in [2.45, 2.75) is 33.7 Å². The summed E-state index contributed by atoms with van der Waals surface area (Å²) in [6, 6.07) is 14.2. The summed E-state index contributed by atoms with van der Waals surface area (Å²) < 4.78 is 27.3. The zero-order valence-electron chi connectivity index (χ0n) is 16.8. The van der Waals surface area contributed by atoms with E-state index >= 15 is 0 Å². The molecule has 0 saturated heterocycles. The lowest BCUT2D eigenvalue weighted by Crippen LogP contribution is -2.35. The SMILES string of the molecule is Cc1ccc(NC(=O)N(CCC(C)C)Cc2ccc(OS(C)(=O)=O)cc2)cc1. The number of aryl methyl sites for hydroxylation is 1. The summed E-state index contributed by atoms with van der Waals surface area (Å²) in [5.74, 6) is 0.726. The second-order valence-electron chi connectivity index (χ2n) is 7.33. The number of urea groups is 1. The summed E-state index contributed by atoms with van der Waals surface area (Å²) in [4.78, 5) is 14.5. The smallest absolute Gasteiger partial charge is 0.322 e. The number of amides is 2. The average Bonchev–Trinajstić information content (AvgIpc) is 2.60. The van der Waals surface area contributed by atoms with E-state index in [1.807, 2.05) is 31.2 Å². The van der Waals surface area contributed by atoms with E-state index in [2.05, 4.69) is 19.2 Å². The molecule has 2 aromatic rings. The van der Waals surface area contributed by atoms with Gasteiger partial charge in [0.15, 0.2) is 0 Å². The molecule has 0 spiro atoms. The molecular formula is C21H28N2O4S. The van der Waals surface area contributed by atoms with Gasteiger partial charge in [0.2, 0.25) is 0 Å². The van der Waals surface area contributed by atoms with E-state index in [1.54, 1.807) is 29.2 Å². The molecule has 28 heavy (non-hydrogen) atoms. The number of nitrogens with zero attached hydrogens (tertiary/aromatic N) is 1. The molecule has 0 aliphatic heterocycles. The van der Waals surface area contributed by atoms with Gasteiger partial charge >= 0.3 is 16.1 Å². The predicted molar refractivity (Wildman–Crippen MR) is 112 cm³/mol. The maximum Gasteiger partial charge on any atom is 0.322 e. The van der Waals surface area contributed by atoms with Crippen LogP contribution in [0.5, 0.6) is 5.75 Å². The second kappa shape index (κ2) is 9.59. The van der Waals surface area contributed by atoms with Gasteiger partial charge in [-0.05, 0) is 49.1 Å². The average molecular weight is 405 g/mol. The van der Waals surface area contributed by atoms with E-state index in [0.717, 1.165) is 29.5 Å². The quantitative estimate of drug-likeness (QED) is 0.661. The lowest BCUT2D eigenvalue weighted by Gasteiger charge is -2.24. The summed E-state index contributed by atoms with van der Waals surface area (Å²) in [5, 5.41) is 2.94. The van der Waals surface area contributed by atoms with Crippen molar-refractivity contribution < 1.29 is 17.4 Å². The number of anilines is 1. The summed E-state index contributed by atoms with van der Waals surface area (Å²) in [5.41, 5.74) is 2.77. The Kier molecular flexibility index (Phi) is 7.45. The number of hydrogen-bond acceptors (Lipinski definition) is 4.